The molecule has 9 heteroatoms. The van der Waals surface area contributed by atoms with Crippen LogP contribution in [0.2, 0.25) is 0 Å². The Kier molecular flexibility index (Phi) is 5.14. The van der Waals surface area contributed by atoms with Crippen LogP contribution < -0.4 is 15.4 Å². The van der Waals surface area contributed by atoms with Crippen LogP contribution >= 0.6 is 0 Å². The predicted molar refractivity (Wildman–Crippen MR) is 86.8 cm³/mol. The van der Waals surface area contributed by atoms with E-state index < -0.39 is 17.5 Å². The number of nitriles is 1. The van der Waals surface area contributed by atoms with Gasteiger partial charge < -0.3 is 15.2 Å². The molecule has 2 rings (SSSR count). The third-order valence-electron chi connectivity index (χ3n) is 3.30. The van der Waals surface area contributed by atoms with Crippen molar-refractivity contribution < 1.29 is 19.0 Å². The highest BCUT2D eigenvalue weighted by Crippen LogP contribution is 2.37. The number of amides is 1. The van der Waals surface area contributed by atoms with Crippen molar-refractivity contribution in [3.05, 3.63) is 41.3 Å². The zero-order valence-corrected chi connectivity index (χ0v) is 13.3. The molecule has 1 heterocycles. The molecule has 0 saturated heterocycles. The van der Waals surface area contributed by atoms with Crippen molar-refractivity contribution in [2.45, 2.75) is 0 Å². The second kappa shape index (κ2) is 7.27. The molecule has 128 valence electrons. The average molecular weight is 343 g/mol. The van der Waals surface area contributed by atoms with Gasteiger partial charge >= 0.3 is 0 Å². The summed E-state index contributed by atoms with van der Waals surface area (Å²) in [6.07, 6.45) is 0.924. The topological polar surface area (TPSA) is 131 Å². The first-order chi connectivity index (χ1) is 11.9. The van der Waals surface area contributed by atoms with Gasteiger partial charge in [-0.1, -0.05) is 0 Å². The number of phenolic OH excluding ortho intramolecular Hbond substituents is 1. The minimum Gasteiger partial charge on any atom is -0.507 e. The minimum absolute atomic E-state index is 0.00429. The lowest BCUT2D eigenvalue weighted by molar-refractivity contribution is 0.0974. The molecule has 0 aliphatic rings. The summed E-state index contributed by atoms with van der Waals surface area (Å²) in [5, 5.41) is 31.6. The van der Waals surface area contributed by atoms with E-state index in [9.17, 15) is 19.6 Å². The summed E-state index contributed by atoms with van der Waals surface area (Å²) >= 11 is 0. The van der Waals surface area contributed by atoms with Gasteiger partial charge in [-0.3, -0.25) is 15.5 Å². The van der Waals surface area contributed by atoms with Crippen molar-refractivity contribution in [2.24, 2.45) is 0 Å². The summed E-state index contributed by atoms with van der Waals surface area (Å²) in [5.74, 6) is -2.35. The maximum Gasteiger partial charge on any atom is 0.262 e. The summed E-state index contributed by atoms with van der Waals surface area (Å²) in [4.78, 5) is 16.2. The predicted octanol–water partition coefficient (Wildman–Crippen LogP) is 1.36. The fourth-order valence-electron chi connectivity index (χ4n) is 2.20. The molecule has 0 radical (unpaired) electrons. The number of aromatic nitrogens is 1. The zero-order chi connectivity index (χ0) is 18.6. The van der Waals surface area contributed by atoms with E-state index in [0.717, 1.165) is 12.3 Å². The lowest BCUT2D eigenvalue weighted by Gasteiger charge is -2.15. The second-order valence-corrected chi connectivity index (χ2v) is 4.78. The number of benzene rings is 1. The molecular weight excluding hydrogens is 329 g/mol. The molecular formula is C16H14FN5O3. The number of guanidine groups is 1. The van der Waals surface area contributed by atoms with Crippen LogP contribution in [0.15, 0.2) is 24.4 Å². The third-order valence-corrected chi connectivity index (χ3v) is 3.30. The number of pyridine rings is 1. The maximum atomic E-state index is 13.7. The van der Waals surface area contributed by atoms with E-state index in [0.29, 0.717) is 0 Å². The van der Waals surface area contributed by atoms with Crippen LogP contribution in [-0.2, 0) is 0 Å². The lowest BCUT2D eigenvalue weighted by Crippen LogP contribution is -2.38. The van der Waals surface area contributed by atoms with Gasteiger partial charge in [0, 0.05) is 18.2 Å². The highest BCUT2D eigenvalue weighted by Gasteiger charge is 2.25. The van der Waals surface area contributed by atoms with Gasteiger partial charge in [-0.05, 0) is 18.2 Å². The summed E-state index contributed by atoms with van der Waals surface area (Å²) < 4.78 is 18.8. The molecule has 0 unspecified atom stereocenters. The van der Waals surface area contributed by atoms with Crippen LogP contribution in [0.4, 0.5) is 4.39 Å². The molecule has 1 aromatic heterocycles. The molecule has 0 aliphatic heterocycles. The van der Waals surface area contributed by atoms with Crippen LogP contribution in [-0.4, -0.2) is 36.1 Å². The van der Waals surface area contributed by atoms with E-state index in [2.05, 4.69) is 15.6 Å². The van der Waals surface area contributed by atoms with Crippen molar-refractivity contribution in [1.82, 2.24) is 15.6 Å². The van der Waals surface area contributed by atoms with Crippen molar-refractivity contribution in [2.75, 3.05) is 14.2 Å². The first-order valence-electron chi connectivity index (χ1n) is 6.96. The Hall–Kier alpha value is -3.67. The molecule has 0 saturated carbocycles. The molecule has 0 spiro atoms. The molecule has 2 aromatic rings. The second-order valence-electron chi connectivity index (χ2n) is 4.78. The molecule has 25 heavy (non-hydrogen) atoms. The molecule has 4 N–H and O–H groups in total. The number of nitrogens with zero attached hydrogens (tertiary/aromatic N) is 2. The van der Waals surface area contributed by atoms with Crippen LogP contribution in [0.3, 0.4) is 0 Å². The van der Waals surface area contributed by atoms with E-state index in [4.69, 9.17) is 10.1 Å². The fourth-order valence-corrected chi connectivity index (χ4v) is 2.20. The van der Waals surface area contributed by atoms with Gasteiger partial charge in [0.25, 0.3) is 5.91 Å². The minimum atomic E-state index is -0.852. The smallest absolute Gasteiger partial charge is 0.262 e. The van der Waals surface area contributed by atoms with Crippen molar-refractivity contribution in [1.29, 1.82) is 10.7 Å². The van der Waals surface area contributed by atoms with E-state index in [1.165, 1.54) is 26.3 Å². The summed E-state index contributed by atoms with van der Waals surface area (Å²) in [5.41, 5.74) is -0.321. The number of ether oxygens (including phenoxy) is 1. The van der Waals surface area contributed by atoms with E-state index in [1.54, 1.807) is 0 Å². The number of phenols is 1. The summed E-state index contributed by atoms with van der Waals surface area (Å²) in [6.45, 7) is 0. The van der Waals surface area contributed by atoms with Crippen LogP contribution in [0.5, 0.6) is 11.6 Å². The van der Waals surface area contributed by atoms with Gasteiger partial charge in [0.1, 0.15) is 11.6 Å². The zero-order valence-electron chi connectivity index (χ0n) is 13.3. The number of nitrogens with one attached hydrogen (secondary N) is 3. The van der Waals surface area contributed by atoms with E-state index in [1.807, 2.05) is 6.07 Å². The molecule has 0 aliphatic carbocycles. The standard InChI is InChI=1S/C16H14FN5O3/c1-20-16(19)22-14(24)13-11(23)4-3-8(6-18)12(13)10-5-9(17)7-21-15(10)25-2/h3-5,7,23H,1-2H3,(H3,19,20,22,24). The van der Waals surface area contributed by atoms with Crippen molar-refractivity contribution in [3.63, 3.8) is 0 Å². The monoisotopic (exact) mass is 343 g/mol. The van der Waals surface area contributed by atoms with Crippen LogP contribution in [0.1, 0.15) is 15.9 Å². The number of aromatic hydroxyl groups is 1. The van der Waals surface area contributed by atoms with Gasteiger partial charge in [-0.25, -0.2) is 9.37 Å². The van der Waals surface area contributed by atoms with Crippen molar-refractivity contribution in [3.8, 4) is 28.8 Å². The number of methoxy groups -OCH3 is 1. The Labute approximate surface area is 142 Å². The molecule has 0 atom stereocenters. The highest BCUT2D eigenvalue weighted by atomic mass is 19.1. The first kappa shape index (κ1) is 17.7. The van der Waals surface area contributed by atoms with Gasteiger partial charge in [0.15, 0.2) is 5.96 Å². The first-order valence-corrected chi connectivity index (χ1v) is 6.96. The van der Waals surface area contributed by atoms with Crippen LogP contribution in [0, 0.1) is 22.6 Å². The molecule has 0 bridgehead atoms. The Morgan fingerprint density at radius 2 is 2.20 bits per heavy atom. The molecule has 0 fully saturated rings. The number of hydrogen-bond acceptors (Lipinski definition) is 6. The number of halogens is 1. The third kappa shape index (κ3) is 3.48. The SMILES string of the molecule is CNC(=N)NC(=O)c1c(O)ccc(C#N)c1-c1cc(F)cnc1OC. The fraction of sp³-hybridized carbons (Fsp3) is 0.125. The Balaban J connectivity index is 2.79. The number of rotatable bonds is 3. The van der Waals surface area contributed by atoms with Gasteiger partial charge in [-0.15, -0.1) is 0 Å². The van der Waals surface area contributed by atoms with Gasteiger partial charge in [0.2, 0.25) is 5.88 Å². The Morgan fingerprint density at radius 3 is 2.80 bits per heavy atom. The number of carbonyl (C=O) groups excluding carboxylic acids is 1. The Bertz CT molecular complexity index is 892. The molecule has 8 nitrogen and oxygen atoms in total. The maximum absolute atomic E-state index is 13.7. The number of hydrogen-bond donors (Lipinski definition) is 4. The summed E-state index contributed by atoms with van der Waals surface area (Å²) in [6, 6.07) is 5.38. The van der Waals surface area contributed by atoms with Gasteiger partial charge in [0.05, 0.1) is 30.5 Å². The quantitative estimate of drug-likeness (QED) is 0.491. The molecule has 1 amide bonds. The van der Waals surface area contributed by atoms with Crippen LogP contribution in [0.25, 0.3) is 11.1 Å². The summed E-state index contributed by atoms with van der Waals surface area (Å²) in [7, 11) is 2.73. The largest absolute Gasteiger partial charge is 0.507 e. The highest BCUT2D eigenvalue weighted by molar-refractivity contribution is 6.11. The molecule has 1 aromatic carbocycles. The van der Waals surface area contributed by atoms with Crippen molar-refractivity contribution >= 4 is 11.9 Å². The Morgan fingerprint density at radius 1 is 1.48 bits per heavy atom. The lowest BCUT2D eigenvalue weighted by atomic mass is 9.94. The van der Waals surface area contributed by atoms with Gasteiger partial charge in [-0.2, -0.15) is 5.26 Å². The average Bonchev–Trinajstić information content (AvgIpc) is 2.60. The van der Waals surface area contributed by atoms with E-state index >= 15 is 0 Å². The van der Waals surface area contributed by atoms with E-state index in [-0.39, 0.29) is 34.1 Å². The number of carbonyl (C=O) groups is 1. The normalized spacial score (nSPS) is 9.84.